The van der Waals surface area contributed by atoms with E-state index in [0.717, 1.165) is 29.4 Å². The molecule has 2 aliphatic rings. The van der Waals surface area contributed by atoms with Gasteiger partial charge in [0.1, 0.15) is 22.7 Å². The smallest absolute Gasteiger partial charge is 0.416 e. The van der Waals surface area contributed by atoms with Gasteiger partial charge in [-0.25, -0.2) is 0 Å². The lowest BCUT2D eigenvalue weighted by molar-refractivity contribution is -0.137. The Bertz CT molecular complexity index is 972. The lowest BCUT2D eigenvalue weighted by atomic mass is 9.78. The molecule has 7 heteroatoms. The van der Waals surface area contributed by atoms with Crippen LogP contribution in [0, 0.1) is 0 Å². The van der Waals surface area contributed by atoms with Gasteiger partial charge in [-0.1, -0.05) is 18.2 Å². The topological polar surface area (TPSA) is 30.5 Å². The van der Waals surface area contributed by atoms with Gasteiger partial charge in [0.2, 0.25) is 0 Å². The van der Waals surface area contributed by atoms with Gasteiger partial charge in [-0.2, -0.15) is 13.2 Å². The standard InChI is InChI=1S/C24H28F3NO2.ClH/c1-22(2)12-18(14-7-6-8-15(9-14)24(25,26)27)16-10-17-19(28-5)13-23(3,4)30-21(17)11-20(16)29-22;/h6-11,18-19,28H,12-13H2,1-5H3;1H. The molecule has 0 radical (unpaired) electrons. The van der Waals surface area contributed by atoms with E-state index in [1.54, 1.807) is 6.07 Å². The average Bonchev–Trinajstić information content (AvgIpc) is 2.63. The summed E-state index contributed by atoms with van der Waals surface area (Å²) in [6.45, 7) is 8.04. The molecule has 2 heterocycles. The highest BCUT2D eigenvalue weighted by Crippen LogP contribution is 2.50. The number of alkyl halides is 3. The number of ether oxygens (including phenoxy) is 2. The number of fused-ring (bicyclic) bond motifs is 2. The number of benzene rings is 2. The molecule has 0 aliphatic carbocycles. The van der Waals surface area contributed by atoms with E-state index in [9.17, 15) is 13.2 Å². The SMILES string of the molecule is CNC1CC(C)(C)Oc2cc3c(cc21)C(c1cccc(C(F)(F)F)c1)CC(C)(C)O3.Cl. The summed E-state index contributed by atoms with van der Waals surface area (Å²) < 4.78 is 52.5. The summed E-state index contributed by atoms with van der Waals surface area (Å²) in [5.41, 5.74) is 1.14. The summed E-state index contributed by atoms with van der Waals surface area (Å²) in [6, 6.07) is 9.73. The van der Waals surface area contributed by atoms with Crippen molar-refractivity contribution in [2.24, 2.45) is 0 Å². The quantitative estimate of drug-likeness (QED) is 0.550. The first kappa shape index (κ1) is 23.7. The summed E-state index contributed by atoms with van der Waals surface area (Å²) in [7, 11) is 1.92. The minimum Gasteiger partial charge on any atom is -0.487 e. The second-order valence-corrected chi connectivity index (χ2v) is 9.58. The highest BCUT2D eigenvalue weighted by molar-refractivity contribution is 5.85. The van der Waals surface area contributed by atoms with Crippen molar-refractivity contribution in [2.45, 2.75) is 69.9 Å². The molecule has 1 N–H and O–H groups in total. The Morgan fingerprint density at radius 3 is 2.13 bits per heavy atom. The van der Waals surface area contributed by atoms with Gasteiger partial charge >= 0.3 is 6.18 Å². The first-order valence-electron chi connectivity index (χ1n) is 10.3. The van der Waals surface area contributed by atoms with E-state index in [1.165, 1.54) is 12.1 Å². The second-order valence-electron chi connectivity index (χ2n) is 9.58. The maximum absolute atomic E-state index is 13.3. The Labute approximate surface area is 187 Å². The van der Waals surface area contributed by atoms with E-state index in [0.29, 0.717) is 17.7 Å². The summed E-state index contributed by atoms with van der Waals surface area (Å²) in [5, 5.41) is 3.35. The fourth-order valence-corrected chi connectivity index (χ4v) is 4.69. The third-order valence-corrected chi connectivity index (χ3v) is 6.02. The first-order chi connectivity index (χ1) is 13.9. The number of nitrogens with one attached hydrogen (secondary N) is 1. The van der Waals surface area contributed by atoms with Crippen LogP contribution in [0.3, 0.4) is 0 Å². The second kappa shape index (κ2) is 7.89. The van der Waals surface area contributed by atoms with E-state index >= 15 is 0 Å². The molecule has 2 atom stereocenters. The van der Waals surface area contributed by atoms with Crippen molar-refractivity contribution in [1.29, 1.82) is 0 Å². The number of hydrogen-bond acceptors (Lipinski definition) is 3. The van der Waals surface area contributed by atoms with Gasteiger partial charge in [-0.05, 0) is 58.9 Å². The van der Waals surface area contributed by atoms with Crippen LogP contribution in [0.25, 0.3) is 0 Å². The van der Waals surface area contributed by atoms with Crippen molar-refractivity contribution in [3.63, 3.8) is 0 Å². The predicted molar refractivity (Wildman–Crippen MR) is 117 cm³/mol. The monoisotopic (exact) mass is 455 g/mol. The lowest BCUT2D eigenvalue weighted by Gasteiger charge is -2.42. The molecule has 0 saturated heterocycles. The third kappa shape index (κ3) is 4.65. The summed E-state index contributed by atoms with van der Waals surface area (Å²) in [4.78, 5) is 0. The summed E-state index contributed by atoms with van der Waals surface area (Å²) in [5.74, 6) is 1.26. The molecule has 0 bridgehead atoms. The van der Waals surface area contributed by atoms with Gasteiger partial charge in [-0.15, -0.1) is 12.4 Å². The van der Waals surface area contributed by atoms with Crippen LogP contribution in [0.2, 0.25) is 0 Å². The van der Waals surface area contributed by atoms with Crippen LogP contribution >= 0.6 is 12.4 Å². The van der Waals surface area contributed by atoms with Gasteiger partial charge in [0.25, 0.3) is 0 Å². The number of rotatable bonds is 2. The maximum Gasteiger partial charge on any atom is 0.416 e. The fraction of sp³-hybridized carbons (Fsp3) is 0.500. The molecule has 2 unspecified atom stereocenters. The van der Waals surface area contributed by atoms with E-state index in [1.807, 2.05) is 27.0 Å². The number of halogens is 4. The van der Waals surface area contributed by atoms with E-state index in [4.69, 9.17) is 9.47 Å². The zero-order valence-electron chi connectivity index (χ0n) is 18.4. The van der Waals surface area contributed by atoms with Gasteiger partial charge in [0.15, 0.2) is 0 Å². The Morgan fingerprint density at radius 2 is 1.52 bits per heavy atom. The normalized spacial score (nSPS) is 23.5. The predicted octanol–water partition coefficient (Wildman–Crippen LogP) is 6.64. The Morgan fingerprint density at radius 1 is 0.903 bits per heavy atom. The number of hydrogen-bond donors (Lipinski definition) is 1. The van der Waals surface area contributed by atoms with Gasteiger partial charge in [0, 0.05) is 35.6 Å². The van der Waals surface area contributed by atoms with E-state index in [-0.39, 0.29) is 30.0 Å². The van der Waals surface area contributed by atoms with Crippen LogP contribution in [0.4, 0.5) is 13.2 Å². The minimum absolute atomic E-state index is 0. The molecule has 0 spiro atoms. The fourth-order valence-electron chi connectivity index (χ4n) is 4.69. The Hall–Kier alpha value is -1.92. The molecule has 2 aliphatic heterocycles. The van der Waals surface area contributed by atoms with Crippen molar-refractivity contribution < 1.29 is 22.6 Å². The Balaban J connectivity index is 0.00000272. The largest absolute Gasteiger partial charge is 0.487 e. The first-order valence-corrected chi connectivity index (χ1v) is 10.3. The molecule has 0 saturated carbocycles. The van der Waals surface area contributed by atoms with Crippen LogP contribution in [-0.2, 0) is 6.18 Å². The zero-order valence-corrected chi connectivity index (χ0v) is 19.2. The maximum atomic E-state index is 13.3. The molecule has 0 aromatic heterocycles. The molecule has 0 fully saturated rings. The molecule has 0 amide bonds. The highest BCUT2D eigenvalue weighted by atomic mass is 35.5. The highest BCUT2D eigenvalue weighted by Gasteiger charge is 2.40. The third-order valence-electron chi connectivity index (χ3n) is 6.02. The summed E-state index contributed by atoms with van der Waals surface area (Å²) >= 11 is 0. The van der Waals surface area contributed by atoms with Crippen LogP contribution in [0.15, 0.2) is 36.4 Å². The van der Waals surface area contributed by atoms with E-state index in [2.05, 4.69) is 25.2 Å². The molecule has 2 aromatic rings. The van der Waals surface area contributed by atoms with Crippen molar-refractivity contribution >= 4 is 12.4 Å². The lowest BCUT2D eigenvalue weighted by Crippen LogP contribution is -2.39. The van der Waals surface area contributed by atoms with Gasteiger partial charge < -0.3 is 14.8 Å². The molecule has 170 valence electrons. The minimum atomic E-state index is -4.37. The van der Waals surface area contributed by atoms with Crippen LogP contribution < -0.4 is 14.8 Å². The van der Waals surface area contributed by atoms with Crippen LogP contribution in [0.1, 0.15) is 74.8 Å². The molecule has 31 heavy (non-hydrogen) atoms. The van der Waals surface area contributed by atoms with Crippen LogP contribution in [-0.4, -0.2) is 18.2 Å². The molecular weight excluding hydrogens is 427 g/mol. The van der Waals surface area contributed by atoms with Crippen molar-refractivity contribution in [3.05, 3.63) is 58.7 Å². The van der Waals surface area contributed by atoms with Gasteiger partial charge in [-0.3, -0.25) is 0 Å². The van der Waals surface area contributed by atoms with Crippen molar-refractivity contribution in [2.75, 3.05) is 7.05 Å². The van der Waals surface area contributed by atoms with E-state index < -0.39 is 17.3 Å². The Kier molecular flexibility index (Phi) is 6.04. The van der Waals surface area contributed by atoms with Crippen molar-refractivity contribution in [3.8, 4) is 11.5 Å². The van der Waals surface area contributed by atoms with Gasteiger partial charge in [0.05, 0.1) is 5.56 Å². The van der Waals surface area contributed by atoms with Crippen LogP contribution in [0.5, 0.6) is 11.5 Å². The molecule has 4 rings (SSSR count). The molecular formula is C24H29ClF3NO2. The van der Waals surface area contributed by atoms with Crippen molar-refractivity contribution in [1.82, 2.24) is 5.32 Å². The molecule has 3 nitrogen and oxygen atoms in total. The summed E-state index contributed by atoms with van der Waals surface area (Å²) in [6.07, 6.45) is -2.97. The average molecular weight is 456 g/mol. The molecule has 2 aromatic carbocycles. The zero-order chi connectivity index (χ0) is 21.9.